The molecule has 0 amide bonds. The maximum absolute atomic E-state index is 10.3. The third kappa shape index (κ3) is 4.52. The number of aliphatic hydroxyl groups excluding tert-OH is 4. The van der Waals surface area contributed by atoms with E-state index in [2.05, 4.69) is 36.2 Å². The Kier molecular flexibility index (Phi) is 6.80. The molecule has 1 fully saturated rings. The summed E-state index contributed by atoms with van der Waals surface area (Å²) in [5, 5.41) is 40.5. The van der Waals surface area contributed by atoms with Gasteiger partial charge < -0.3 is 35.0 Å². The van der Waals surface area contributed by atoms with Crippen LogP contribution < -0.4 is 4.89 Å². The molecule has 0 unspecified atom stereocenters. The summed E-state index contributed by atoms with van der Waals surface area (Å²) in [5.41, 5.74) is 5.23. The topological polar surface area (TPSA) is 124 Å². The zero-order valence-electron chi connectivity index (χ0n) is 18.1. The van der Waals surface area contributed by atoms with Crippen molar-refractivity contribution in [2.24, 2.45) is 0 Å². The molecule has 5 N–H and O–H groups in total. The zero-order valence-corrected chi connectivity index (χ0v) is 18.1. The molecule has 1 aliphatic heterocycles. The molecule has 8 heteroatoms. The third-order valence-corrected chi connectivity index (χ3v) is 5.89. The number of aliphatic hydroxyl groups is 4. The maximum atomic E-state index is 10.3. The van der Waals surface area contributed by atoms with Crippen LogP contribution in [0.2, 0.25) is 0 Å². The molecular weight excluding hydrogens is 414 g/mol. The number of fused-ring (bicyclic) bond motifs is 1. The molecule has 8 nitrogen and oxygen atoms in total. The fourth-order valence-electron chi connectivity index (χ4n) is 4.04. The van der Waals surface area contributed by atoms with E-state index in [0.717, 1.165) is 34.0 Å². The summed E-state index contributed by atoms with van der Waals surface area (Å²) in [7, 11) is 0. The van der Waals surface area contributed by atoms with Gasteiger partial charge in [-0.15, -0.1) is 0 Å². The molecule has 1 aliphatic rings. The first-order chi connectivity index (χ1) is 15.4. The largest absolute Gasteiger partial charge is 0.394 e. The maximum Gasteiger partial charge on any atom is 0.188 e. The molecule has 1 aromatic heterocycles. The highest BCUT2D eigenvalue weighted by atomic mass is 17.2. The molecule has 0 spiro atoms. The average molecular weight is 443 g/mol. The van der Waals surface area contributed by atoms with Gasteiger partial charge in [0.1, 0.15) is 18.3 Å². The first-order valence-electron chi connectivity index (χ1n) is 10.7. The Bertz CT molecular complexity index is 1050. The molecule has 0 radical (unpaired) electrons. The van der Waals surface area contributed by atoms with Gasteiger partial charge in [-0.1, -0.05) is 31.2 Å². The van der Waals surface area contributed by atoms with Crippen LogP contribution in [0.3, 0.4) is 0 Å². The lowest BCUT2D eigenvalue weighted by molar-refractivity contribution is -0.364. The smallest absolute Gasteiger partial charge is 0.188 e. The number of aryl methyl sites for hydroxylation is 2. The molecule has 2 aromatic carbocycles. The van der Waals surface area contributed by atoms with Crippen molar-refractivity contribution in [3.63, 3.8) is 0 Å². The summed E-state index contributed by atoms with van der Waals surface area (Å²) < 4.78 is 5.12. The van der Waals surface area contributed by atoms with E-state index in [9.17, 15) is 20.4 Å². The lowest BCUT2D eigenvalue weighted by atomic mass is 9.99. The predicted molar refractivity (Wildman–Crippen MR) is 117 cm³/mol. The predicted octanol–water partition coefficient (Wildman–Crippen LogP) is 1.74. The van der Waals surface area contributed by atoms with E-state index in [1.165, 1.54) is 5.56 Å². The highest BCUT2D eigenvalue weighted by Crippen LogP contribution is 2.33. The van der Waals surface area contributed by atoms with Crippen molar-refractivity contribution in [3.8, 4) is 5.75 Å². The Labute approximate surface area is 185 Å². The Morgan fingerprint density at radius 1 is 1.03 bits per heavy atom. The van der Waals surface area contributed by atoms with Crippen LogP contribution in [0.4, 0.5) is 0 Å². The standard InChI is InChI=1S/C24H29NO7/c1-3-14-4-6-15(7-5-14)10-16-11-25-17-8-13(2)9-18(20(16)17)31-32-23-22(28)21(27)19(12-26)30-24(23)29/h4-9,11,19,21-29H,3,10,12H2,1-2H3/t19-,21-,22+,23-,24-/m1/s1. The SMILES string of the molecule is CCc1ccc(Cc2c[nH]c3cc(C)cc(OO[C@@H]4[C@@H](O)[C@H](O)[C@@H](CO)O[C@H]4O)c23)cc1. The molecule has 5 atom stereocenters. The molecule has 2 heterocycles. The lowest BCUT2D eigenvalue weighted by Crippen LogP contribution is -2.59. The molecule has 4 rings (SSSR count). The first kappa shape index (κ1) is 22.7. The van der Waals surface area contributed by atoms with Gasteiger partial charge in [0, 0.05) is 17.1 Å². The van der Waals surface area contributed by atoms with Gasteiger partial charge >= 0.3 is 0 Å². The van der Waals surface area contributed by atoms with Crippen molar-refractivity contribution in [3.05, 3.63) is 64.8 Å². The molecule has 3 aromatic rings. The molecular formula is C24H29NO7. The van der Waals surface area contributed by atoms with Crippen LogP contribution in [0.5, 0.6) is 5.75 Å². The number of nitrogens with one attached hydrogen (secondary N) is 1. The van der Waals surface area contributed by atoms with E-state index in [-0.39, 0.29) is 0 Å². The summed E-state index contributed by atoms with van der Waals surface area (Å²) in [6.07, 6.45) is -3.38. The number of hydrogen-bond acceptors (Lipinski definition) is 7. The quantitative estimate of drug-likeness (QED) is 0.278. The molecule has 0 bridgehead atoms. The normalized spacial score (nSPS) is 25.9. The van der Waals surface area contributed by atoms with E-state index in [4.69, 9.17) is 14.5 Å². The number of hydrogen-bond donors (Lipinski definition) is 5. The second-order valence-corrected chi connectivity index (χ2v) is 8.22. The van der Waals surface area contributed by atoms with Crippen LogP contribution in [0.25, 0.3) is 10.9 Å². The number of H-pyrrole nitrogens is 1. The van der Waals surface area contributed by atoms with Gasteiger partial charge in [-0.3, -0.25) is 0 Å². The van der Waals surface area contributed by atoms with Crippen LogP contribution in [0, 0.1) is 6.92 Å². The highest BCUT2D eigenvalue weighted by molar-refractivity contribution is 5.90. The van der Waals surface area contributed by atoms with Gasteiger partial charge in [0.15, 0.2) is 18.1 Å². The summed E-state index contributed by atoms with van der Waals surface area (Å²) in [6.45, 7) is 3.49. The number of aromatic amines is 1. The second-order valence-electron chi connectivity index (χ2n) is 8.22. The Hall–Kier alpha value is -2.46. The number of aromatic nitrogens is 1. The highest BCUT2D eigenvalue weighted by Gasteiger charge is 2.45. The monoisotopic (exact) mass is 443 g/mol. The summed E-state index contributed by atoms with van der Waals surface area (Å²) >= 11 is 0. The summed E-state index contributed by atoms with van der Waals surface area (Å²) in [6, 6.07) is 12.2. The summed E-state index contributed by atoms with van der Waals surface area (Å²) in [4.78, 5) is 14.2. The van der Waals surface area contributed by atoms with Crippen LogP contribution in [0.1, 0.15) is 29.2 Å². The first-order valence-corrected chi connectivity index (χ1v) is 10.7. The Morgan fingerprint density at radius 2 is 1.75 bits per heavy atom. The van der Waals surface area contributed by atoms with Crippen molar-refractivity contribution >= 4 is 10.9 Å². The van der Waals surface area contributed by atoms with Gasteiger partial charge in [0.05, 0.1) is 6.61 Å². The van der Waals surface area contributed by atoms with E-state index >= 15 is 0 Å². The minimum atomic E-state index is -1.58. The molecule has 32 heavy (non-hydrogen) atoms. The lowest BCUT2D eigenvalue weighted by Gasteiger charge is -2.38. The van der Waals surface area contributed by atoms with Gasteiger partial charge in [-0.2, -0.15) is 4.89 Å². The van der Waals surface area contributed by atoms with E-state index in [1.807, 2.05) is 19.2 Å². The van der Waals surface area contributed by atoms with Crippen molar-refractivity contribution in [1.29, 1.82) is 0 Å². The number of ether oxygens (including phenoxy) is 1. The van der Waals surface area contributed by atoms with Gasteiger partial charge in [0.2, 0.25) is 0 Å². The number of benzene rings is 2. The van der Waals surface area contributed by atoms with Crippen LogP contribution in [-0.2, 0) is 22.5 Å². The second kappa shape index (κ2) is 9.58. The van der Waals surface area contributed by atoms with Gasteiger partial charge in [0.25, 0.3) is 0 Å². The van der Waals surface area contributed by atoms with Crippen LogP contribution in [-0.4, -0.2) is 62.7 Å². The minimum absolute atomic E-state index is 0.416. The van der Waals surface area contributed by atoms with Crippen molar-refractivity contribution in [1.82, 2.24) is 4.98 Å². The van der Waals surface area contributed by atoms with Crippen molar-refractivity contribution in [2.45, 2.75) is 57.4 Å². The average Bonchev–Trinajstić information content (AvgIpc) is 3.18. The van der Waals surface area contributed by atoms with Gasteiger partial charge in [-0.05, 0) is 54.2 Å². The molecule has 0 saturated carbocycles. The Morgan fingerprint density at radius 3 is 2.44 bits per heavy atom. The molecule has 1 saturated heterocycles. The minimum Gasteiger partial charge on any atom is -0.394 e. The van der Waals surface area contributed by atoms with E-state index in [1.54, 1.807) is 6.07 Å². The van der Waals surface area contributed by atoms with E-state index < -0.39 is 37.3 Å². The van der Waals surface area contributed by atoms with Crippen molar-refractivity contribution < 1.29 is 34.9 Å². The van der Waals surface area contributed by atoms with Crippen LogP contribution in [0.15, 0.2) is 42.6 Å². The number of rotatable bonds is 7. The van der Waals surface area contributed by atoms with E-state index in [0.29, 0.717) is 12.2 Å². The zero-order chi connectivity index (χ0) is 22.8. The molecule has 0 aliphatic carbocycles. The van der Waals surface area contributed by atoms with Crippen LogP contribution >= 0.6 is 0 Å². The summed E-state index contributed by atoms with van der Waals surface area (Å²) in [5.74, 6) is 0.416. The Balaban J connectivity index is 1.57. The molecule has 172 valence electrons. The fourth-order valence-corrected chi connectivity index (χ4v) is 4.04. The van der Waals surface area contributed by atoms with Gasteiger partial charge in [-0.25, -0.2) is 0 Å². The van der Waals surface area contributed by atoms with Crippen molar-refractivity contribution in [2.75, 3.05) is 6.61 Å². The fraction of sp³-hybridized carbons (Fsp3) is 0.417. The third-order valence-electron chi connectivity index (χ3n) is 5.89.